The van der Waals surface area contributed by atoms with E-state index in [-0.39, 0.29) is 27.9 Å². The monoisotopic (exact) mass is 598 g/mol. The van der Waals surface area contributed by atoms with Crippen molar-refractivity contribution in [3.05, 3.63) is 111 Å². The Morgan fingerprint density at radius 2 is 1.74 bits per heavy atom. The smallest absolute Gasteiger partial charge is 0.350 e. The maximum atomic E-state index is 13.5. The lowest BCUT2D eigenvalue weighted by Crippen LogP contribution is -2.29. The van der Waals surface area contributed by atoms with Crippen LogP contribution in [0.15, 0.2) is 78.4 Å². The Morgan fingerprint density at radius 3 is 2.44 bits per heavy atom. The number of benzene rings is 3. The molecule has 1 amide bonds. The zero-order chi connectivity index (χ0) is 30.7. The van der Waals surface area contributed by atoms with Gasteiger partial charge in [0.25, 0.3) is 5.78 Å². The topological polar surface area (TPSA) is 115 Å². The van der Waals surface area contributed by atoms with Gasteiger partial charge in [-0.25, -0.2) is 9.78 Å². The van der Waals surface area contributed by atoms with E-state index in [2.05, 4.69) is 4.98 Å². The van der Waals surface area contributed by atoms with Gasteiger partial charge < -0.3 is 19.3 Å². The van der Waals surface area contributed by atoms with Crippen LogP contribution in [0.3, 0.4) is 0 Å². The maximum Gasteiger partial charge on any atom is 0.350 e. The van der Waals surface area contributed by atoms with Crippen molar-refractivity contribution in [1.29, 1.82) is 0 Å². The van der Waals surface area contributed by atoms with Crippen LogP contribution in [0.2, 0.25) is 0 Å². The van der Waals surface area contributed by atoms with Crippen molar-refractivity contribution in [1.82, 2.24) is 4.98 Å². The van der Waals surface area contributed by atoms with E-state index in [1.54, 1.807) is 62.4 Å². The highest BCUT2D eigenvalue weighted by molar-refractivity contribution is 7.17. The third-order valence-corrected chi connectivity index (χ3v) is 8.06. The molecule has 2 heterocycles. The molecule has 4 aromatic rings. The van der Waals surface area contributed by atoms with E-state index in [9.17, 15) is 19.5 Å². The van der Waals surface area contributed by atoms with Gasteiger partial charge in [-0.2, -0.15) is 0 Å². The van der Waals surface area contributed by atoms with Crippen molar-refractivity contribution in [2.75, 3.05) is 18.6 Å². The minimum atomic E-state index is -1.03. The number of hydrogen-bond acceptors (Lipinski definition) is 9. The number of nitrogens with zero attached hydrogens (tertiary/aromatic N) is 2. The molecule has 1 aromatic heterocycles. The Hall–Kier alpha value is -4.96. The van der Waals surface area contributed by atoms with E-state index in [0.717, 1.165) is 22.5 Å². The molecule has 0 bridgehead atoms. The third kappa shape index (κ3) is 6.00. The first-order chi connectivity index (χ1) is 20.7. The number of carbonyl (C=O) groups is 3. The van der Waals surface area contributed by atoms with Crippen LogP contribution in [0.5, 0.6) is 11.5 Å². The first kappa shape index (κ1) is 29.5. The molecule has 9 nitrogen and oxygen atoms in total. The first-order valence-electron chi connectivity index (χ1n) is 13.6. The van der Waals surface area contributed by atoms with Crippen LogP contribution in [0.4, 0.5) is 5.13 Å². The fourth-order valence-corrected chi connectivity index (χ4v) is 5.85. The van der Waals surface area contributed by atoms with Crippen LogP contribution < -0.4 is 14.4 Å². The molecular formula is C33H30N2O7S. The second-order valence-electron chi connectivity index (χ2n) is 9.88. The van der Waals surface area contributed by atoms with Crippen molar-refractivity contribution in [2.24, 2.45) is 0 Å². The van der Waals surface area contributed by atoms with Gasteiger partial charge in [-0.3, -0.25) is 14.5 Å². The lowest BCUT2D eigenvalue weighted by Gasteiger charge is -2.23. The molecule has 10 heteroatoms. The van der Waals surface area contributed by atoms with E-state index >= 15 is 0 Å². The van der Waals surface area contributed by atoms with Gasteiger partial charge in [-0.1, -0.05) is 53.3 Å². The summed E-state index contributed by atoms with van der Waals surface area (Å²) in [5.74, 6) is -1.60. The standard InChI is InChI=1S/C33H30N2O7S/c1-5-41-32(39)30-20(3)34-33(43-30)35-27(23-10-7-11-25(17-23)40-4)26(29(37)31(35)38)28(36)22-12-14-24(15-13-22)42-18-21-9-6-8-19(2)16-21/h6-17,27,36H,5,18H2,1-4H3/b28-26+. The third-order valence-electron chi connectivity index (χ3n) is 6.92. The fraction of sp³-hybridized carbons (Fsp3) is 0.212. The summed E-state index contributed by atoms with van der Waals surface area (Å²) in [6.45, 7) is 5.88. The van der Waals surface area contributed by atoms with E-state index < -0.39 is 23.7 Å². The number of aliphatic hydroxyl groups is 1. The van der Waals surface area contributed by atoms with Crippen LogP contribution in [0.1, 0.15) is 50.6 Å². The van der Waals surface area contributed by atoms with Crippen LogP contribution in [-0.4, -0.2) is 41.5 Å². The number of rotatable bonds is 9. The lowest BCUT2D eigenvalue weighted by atomic mass is 9.95. The molecule has 1 unspecified atom stereocenters. The number of esters is 1. The Kier molecular flexibility index (Phi) is 8.58. The van der Waals surface area contributed by atoms with Crippen molar-refractivity contribution in [2.45, 2.75) is 33.4 Å². The van der Waals surface area contributed by atoms with Crippen LogP contribution >= 0.6 is 11.3 Å². The summed E-state index contributed by atoms with van der Waals surface area (Å²) < 4.78 is 16.4. The zero-order valence-corrected chi connectivity index (χ0v) is 24.9. The van der Waals surface area contributed by atoms with Crippen molar-refractivity contribution < 1.29 is 33.7 Å². The number of hydrogen-bond donors (Lipinski definition) is 1. The molecule has 1 aliphatic rings. The summed E-state index contributed by atoms with van der Waals surface area (Å²) >= 11 is 0.950. The van der Waals surface area contributed by atoms with Gasteiger partial charge in [-0.05, 0) is 68.3 Å². The number of amides is 1. The molecule has 1 fully saturated rings. The summed E-state index contributed by atoms with van der Waals surface area (Å²) in [6.07, 6.45) is 0. The van der Waals surface area contributed by atoms with Crippen LogP contribution in [0.25, 0.3) is 5.76 Å². The molecular weight excluding hydrogens is 568 g/mol. The average Bonchev–Trinajstić information content (AvgIpc) is 3.52. The number of methoxy groups -OCH3 is 1. The highest BCUT2D eigenvalue weighted by Gasteiger charge is 2.48. The van der Waals surface area contributed by atoms with Gasteiger partial charge >= 0.3 is 11.9 Å². The second-order valence-corrected chi connectivity index (χ2v) is 10.9. The van der Waals surface area contributed by atoms with Crippen LogP contribution in [-0.2, 0) is 20.9 Å². The van der Waals surface area contributed by atoms with E-state index in [1.165, 1.54) is 12.0 Å². The number of thiazole rings is 1. The van der Waals surface area contributed by atoms with Gasteiger partial charge in [0.2, 0.25) is 0 Å². The highest BCUT2D eigenvalue weighted by atomic mass is 32.1. The molecule has 1 N–H and O–H groups in total. The Morgan fingerprint density at radius 1 is 1.00 bits per heavy atom. The van der Waals surface area contributed by atoms with Crippen molar-refractivity contribution in [3.63, 3.8) is 0 Å². The molecule has 0 spiro atoms. The number of ether oxygens (including phenoxy) is 3. The zero-order valence-electron chi connectivity index (χ0n) is 24.1. The Labute approximate surface area is 253 Å². The number of Topliss-reactive ketones (excluding diaryl/α,β-unsaturated/α-hetero) is 1. The summed E-state index contributed by atoms with van der Waals surface area (Å²) in [6, 6.07) is 20.5. The number of carbonyl (C=O) groups excluding carboxylic acids is 3. The Balaban J connectivity index is 1.54. The summed E-state index contributed by atoms with van der Waals surface area (Å²) in [5.41, 5.74) is 3.26. The SMILES string of the molecule is CCOC(=O)c1sc(N2C(=O)C(=O)/C(=C(/O)c3ccc(OCc4cccc(C)c4)cc3)C2c2cccc(OC)c2)nc1C. The maximum absolute atomic E-state index is 13.5. The number of aromatic nitrogens is 1. The van der Waals surface area contributed by atoms with Gasteiger partial charge in [-0.15, -0.1) is 0 Å². The predicted molar refractivity (Wildman–Crippen MR) is 163 cm³/mol. The second kappa shape index (κ2) is 12.5. The average molecular weight is 599 g/mol. The number of ketones is 1. The molecule has 0 aliphatic carbocycles. The summed E-state index contributed by atoms with van der Waals surface area (Å²) in [5, 5.41) is 11.6. The van der Waals surface area contributed by atoms with Gasteiger partial charge in [0, 0.05) is 5.56 Å². The molecule has 5 rings (SSSR count). The Bertz CT molecular complexity index is 1730. The van der Waals surface area contributed by atoms with E-state index in [0.29, 0.717) is 34.9 Å². The quantitative estimate of drug-likeness (QED) is 0.106. The highest BCUT2D eigenvalue weighted by Crippen LogP contribution is 2.44. The molecule has 0 saturated carbocycles. The van der Waals surface area contributed by atoms with E-state index in [4.69, 9.17) is 14.2 Å². The summed E-state index contributed by atoms with van der Waals surface area (Å²) in [7, 11) is 1.51. The summed E-state index contributed by atoms with van der Waals surface area (Å²) in [4.78, 5) is 45.5. The molecule has 1 atom stereocenters. The van der Waals surface area contributed by atoms with Crippen molar-refractivity contribution >= 4 is 39.9 Å². The molecule has 1 saturated heterocycles. The van der Waals surface area contributed by atoms with Crippen LogP contribution in [0, 0.1) is 13.8 Å². The van der Waals surface area contributed by atoms with Gasteiger partial charge in [0.05, 0.1) is 31.0 Å². The number of aliphatic hydroxyl groups excluding tert-OH is 1. The molecule has 43 heavy (non-hydrogen) atoms. The normalized spacial score (nSPS) is 15.9. The molecule has 1 aliphatic heterocycles. The first-order valence-corrected chi connectivity index (χ1v) is 14.4. The van der Waals surface area contributed by atoms with E-state index in [1.807, 2.05) is 31.2 Å². The minimum Gasteiger partial charge on any atom is -0.507 e. The molecule has 0 radical (unpaired) electrons. The van der Waals surface area contributed by atoms with Gasteiger partial charge in [0.15, 0.2) is 5.13 Å². The molecule has 220 valence electrons. The number of anilines is 1. The van der Waals surface area contributed by atoms with Gasteiger partial charge in [0.1, 0.15) is 28.7 Å². The largest absolute Gasteiger partial charge is 0.507 e. The predicted octanol–water partition coefficient (Wildman–Crippen LogP) is 6.15. The minimum absolute atomic E-state index is 0.114. The lowest BCUT2D eigenvalue weighted by molar-refractivity contribution is -0.132. The fourth-order valence-electron chi connectivity index (χ4n) is 4.86. The number of aryl methyl sites for hydroxylation is 2. The van der Waals surface area contributed by atoms with Crippen molar-refractivity contribution in [3.8, 4) is 11.5 Å². The molecule has 3 aromatic carbocycles.